The van der Waals surface area contributed by atoms with Crippen molar-refractivity contribution in [3.63, 3.8) is 0 Å². The standard InChI is InChI=1S/C23H29N3O3Si/c1-23(2,3)29-22(28)20-19-14-25(4)21(27)17-13-16(9-8-12-30(5,6)7)10-11-18(17)26(19)15-24-20/h10-11,13,15H,12,14H2,1-7H3. The predicted octanol–water partition coefficient (Wildman–Crippen LogP) is 4.10. The van der Waals surface area contributed by atoms with Gasteiger partial charge in [-0.25, -0.2) is 9.78 Å². The highest BCUT2D eigenvalue weighted by molar-refractivity contribution is 6.76. The molecule has 0 fully saturated rings. The Hall–Kier alpha value is -2.85. The monoisotopic (exact) mass is 423 g/mol. The molecule has 0 atom stereocenters. The van der Waals surface area contributed by atoms with Crippen LogP contribution in [-0.4, -0.2) is 47.1 Å². The third-order valence-corrected chi connectivity index (χ3v) is 5.77. The number of hydrogen-bond donors (Lipinski definition) is 0. The van der Waals surface area contributed by atoms with Crippen LogP contribution in [0.25, 0.3) is 5.69 Å². The molecule has 2 heterocycles. The summed E-state index contributed by atoms with van der Waals surface area (Å²) in [7, 11) is 0.470. The lowest BCUT2D eigenvalue weighted by molar-refractivity contribution is 0.00608. The van der Waals surface area contributed by atoms with Crippen LogP contribution in [0.4, 0.5) is 0 Å². The number of hydrogen-bond acceptors (Lipinski definition) is 4. The van der Waals surface area contributed by atoms with Crippen molar-refractivity contribution in [2.75, 3.05) is 7.05 Å². The van der Waals surface area contributed by atoms with E-state index in [0.717, 1.165) is 11.6 Å². The fourth-order valence-corrected chi connectivity index (χ4v) is 3.76. The molecule has 3 rings (SSSR count). The number of carbonyl (C=O) groups excluding carboxylic acids is 2. The van der Waals surface area contributed by atoms with Crippen molar-refractivity contribution in [2.45, 2.75) is 58.6 Å². The second-order valence-corrected chi connectivity index (χ2v) is 15.3. The maximum atomic E-state index is 13.0. The summed E-state index contributed by atoms with van der Waals surface area (Å²) in [6.45, 7) is 12.5. The topological polar surface area (TPSA) is 64.4 Å². The molecule has 7 heteroatoms. The van der Waals surface area contributed by atoms with E-state index in [1.54, 1.807) is 22.8 Å². The number of ether oxygens (including phenoxy) is 1. The van der Waals surface area contributed by atoms with Gasteiger partial charge >= 0.3 is 5.97 Å². The normalized spacial score (nSPS) is 13.7. The van der Waals surface area contributed by atoms with Crippen LogP contribution in [0.1, 0.15) is 52.9 Å². The first-order valence-corrected chi connectivity index (χ1v) is 13.7. The minimum absolute atomic E-state index is 0.113. The van der Waals surface area contributed by atoms with E-state index in [1.807, 2.05) is 39.0 Å². The second kappa shape index (κ2) is 7.76. The Balaban J connectivity index is 2.03. The van der Waals surface area contributed by atoms with E-state index in [0.29, 0.717) is 16.9 Å². The summed E-state index contributed by atoms with van der Waals surface area (Å²) >= 11 is 0. The molecule has 0 spiro atoms. The highest BCUT2D eigenvalue weighted by atomic mass is 28.3. The smallest absolute Gasteiger partial charge is 0.359 e. The van der Waals surface area contributed by atoms with Crippen molar-refractivity contribution in [1.82, 2.24) is 14.5 Å². The molecular weight excluding hydrogens is 394 g/mol. The average Bonchev–Trinajstić information content (AvgIpc) is 2.98. The Morgan fingerprint density at radius 2 is 1.97 bits per heavy atom. The number of nitrogens with zero attached hydrogens (tertiary/aromatic N) is 3. The highest BCUT2D eigenvalue weighted by Gasteiger charge is 2.30. The van der Waals surface area contributed by atoms with Crippen molar-refractivity contribution in [1.29, 1.82) is 0 Å². The van der Waals surface area contributed by atoms with Crippen molar-refractivity contribution in [3.8, 4) is 17.5 Å². The van der Waals surface area contributed by atoms with E-state index in [9.17, 15) is 9.59 Å². The summed E-state index contributed by atoms with van der Waals surface area (Å²) < 4.78 is 7.30. The maximum absolute atomic E-state index is 13.0. The molecule has 1 aliphatic heterocycles. The van der Waals surface area contributed by atoms with Crippen molar-refractivity contribution >= 4 is 20.0 Å². The minimum Gasteiger partial charge on any atom is -0.455 e. The Bertz CT molecular complexity index is 1060. The van der Waals surface area contributed by atoms with Gasteiger partial charge in [0.05, 0.1) is 31.6 Å². The van der Waals surface area contributed by atoms with Gasteiger partial charge in [-0.15, -0.1) is 5.92 Å². The third-order valence-electron chi connectivity index (χ3n) is 4.53. The molecule has 0 saturated carbocycles. The van der Waals surface area contributed by atoms with Crippen LogP contribution in [0, 0.1) is 11.8 Å². The van der Waals surface area contributed by atoms with Crippen LogP contribution in [-0.2, 0) is 11.3 Å². The molecule has 6 nitrogen and oxygen atoms in total. The van der Waals surface area contributed by atoms with Crippen LogP contribution in [0.3, 0.4) is 0 Å². The molecule has 0 saturated heterocycles. The summed E-state index contributed by atoms with van der Waals surface area (Å²) in [5.74, 6) is 5.85. The Labute approximate surface area is 179 Å². The first-order valence-electron chi connectivity index (χ1n) is 10.0. The van der Waals surface area contributed by atoms with Gasteiger partial charge in [-0.2, -0.15) is 0 Å². The lowest BCUT2D eigenvalue weighted by atomic mass is 10.1. The van der Waals surface area contributed by atoms with Crippen LogP contribution < -0.4 is 0 Å². The third kappa shape index (κ3) is 4.82. The maximum Gasteiger partial charge on any atom is 0.359 e. The fraction of sp³-hybridized carbons (Fsp3) is 0.435. The van der Waals surface area contributed by atoms with Crippen molar-refractivity contribution in [3.05, 3.63) is 47.0 Å². The van der Waals surface area contributed by atoms with E-state index in [2.05, 4.69) is 36.5 Å². The Morgan fingerprint density at radius 3 is 2.60 bits per heavy atom. The van der Waals surface area contributed by atoms with E-state index in [1.165, 1.54) is 0 Å². The minimum atomic E-state index is -1.25. The second-order valence-electron chi connectivity index (χ2n) is 9.84. The molecule has 1 aromatic heterocycles. The molecular formula is C23H29N3O3Si. The molecule has 1 aliphatic rings. The van der Waals surface area contributed by atoms with E-state index in [-0.39, 0.29) is 18.1 Å². The number of rotatable bonds is 2. The van der Waals surface area contributed by atoms with Gasteiger partial charge in [-0.1, -0.05) is 25.6 Å². The number of aromatic nitrogens is 2. The first-order chi connectivity index (χ1) is 13.9. The molecule has 0 aliphatic carbocycles. The van der Waals surface area contributed by atoms with E-state index in [4.69, 9.17) is 4.74 Å². The van der Waals surface area contributed by atoms with Crippen LogP contribution in [0.5, 0.6) is 0 Å². The van der Waals surface area contributed by atoms with Crippen molar-refractivity contribution < 1.29 is 14.3 Å². The van der Waals surface area contributed by atoms with Gasteiger partial charge in [0.25, 0.3) is 5.91 Å². The molecule has 0 radical (unpaired) electrons. The van der Waals surface area contributed by atoms with Crippen molar-refractivity contribution in [2.24, 2.45) is 0 Å². The first kappa shape index (κ1) is 21.8. The van der Waals surface area contributed by atoms with Gasteiger partial charge in [0.1, 0.15) is 11.9 Å². The molecule has 30 heavy (non-hydrogen) atoms. The fourth-order valence-electron chi connectivity index (χ4n) is 3.14. The molecule has 158 valence electrons. The number of amides is 1. The lowest BCUT2D eigenvalue weighted by Crippen LogP contribution is -2.27. The zero-order valence-corrected chi connectivity index (χ0v) is 19.8. The van der Waals surface area contributed by atoms with Gasteiger partial charge in [0.15, 0.2) is 5.69 Å². The van der Waals surface area contributed by atoms with Crippen LogP contribution >= 0.6 is 0 Å². The molecule has 0 N–H and O–H groups in total. The largest absolute Gasteiger partial charge is 0.455 e. The SMILES string of the molecule is CN1Cc2c(C(=O)OC(C)(C)C)ncn2-c2ccc(C#CC[Si](C)(C)C)cc2C1=O. The zero-order chi connectivity index (χ0) is 22.3. The van der Waals surface area contributed by atoms with Gasteiger partial charge in [-0.05, 0) is 39.0 Å². The quantitative estimate of drug-likeness (QED) is 0.414. The van der Waals surface area contributed by atoms with Crippen LogP contribution in [0.2, 0.25) is 25.7 Å². The van der Waals surface area contributed by atoms with E-state index < -0.39 is 19.6 Å². The summed E-state index contributed by atoms with van der Waals surface area (Å²) in [5.41, 5.74) is 2.29. The van der Waals surface area contributed by atoms with Gasteiger partial charge in [-0.3, -0.25) is 9.36 Å². The molecule has 2 aromatic rings. The number of carbonyl (C=O) groups is 2. The van der Waals surface area contributed by atoms with Crippen LogP contribution in [0.15, 0.2) is 24.5 Å². The van der Waals surface area contributed by atoms with Gasteiger partial charge < -0.3 is 9.64 Å². The lowest BCUT2D eigenvalue weighted by Gasteiger charge is -2.19. The van der Waals surface area contributed by atoms with Gasteiger partial charge in [0, 0.05) is 18.7 Å². The predicted molar refractivity (Wildman–Crippen MR) is 120 cm³/mol. The summed E-state index contributed by atoms with van der Waals surface area (Å²) in [6, 6.07) is 6.51. The molecule has 1 aromatic carbocycles. The highest BCUT2D eigenvalue weighted by Crippen LogP contribution is 2.27. The Kier molecular flexibility index (Phi) is 5.65. The van der Waals surface area contributed by atoms with E-state index >= 15 is 0 Å². The summed E-state index contributed by atoms with van der Waals surface area (Å²) in [4.78, 5) is 31.6. The molecule has 1 amide bonds. The molecule has 0 bridgehead atoms. The average molecular weight is 424 g/mol. The van der Waals surface area contributed by atoms with Gasteiger partial charge in [0.2, 0.25) is 0 Å². The number of imidazole rings is 1. The summed E-state index contributed by atoms with van der Waals surface area (Å²) in [6.07, 6.45) is 1.58. The zero-order valence-electron chi connectivity index (χ0n) is 18.8. The summed E-state index contributed by atoms with van der Waals surface area (Å²) in [5, 5.41) is 0. The molecule has 0 unspecified atom stereocenters. The number of benzene rings is 1. The Morgan fingerprint density at radius 1 is 1.27 bits per heavy atom. The number of fused-ring (bicyclic) bond motifs is 3. The number of esters is 1.